The van der Waals surface area contributed by atoms with Gasteiger partial charge >= 0.3 is 0 Å². The zero-order valence-corrected chi connectivity index (χ0v) is 21.1. The van der Waals surface area contributed by atoms with Crippen molar-refractivity contribution in [1.82, 2.24) is 0 Å². The molecule has 0 aliphatic heterocycles. The molecule has 0 saturated carbocycles. The Balaban J connectivity index is 1.77. The summed E-state index contributed by atoms with van der Waals surface area (Å²) in [7, 11) is -9.79. The molecule has 190 valence electrons. The lowest BCUT2D eigenvalue weighted by Gasteiger charge is -2.10. The van der Waals surface area contributed by atoms with E-state index in [1.807, 2.05) is 31.2 Å². The van der Waals surface area contributed by atoms with Gasteiger partial charge in [-0.15, -0.1) is 5.11 Å². The first-order valence-corrected chi connectivity index (χ1v) is 13.5. The van der Waals surface area contributed by atoms with E-state index in [0.29, 0.717) is 23.0 Å². The molecular weight excluding hydrogens is 520 g/mol. The Morgan fingerprint density at radius 3 is 2.00 bits per heavy atom. The molecule has 11 nitrogen and oxygen atoms in total. The summed E-state index contributed by atoms with van der Waals surface area (Å²) in [6.45, 7) is 3.66. The molecule has 0 radical (unpaired) electrons. The second kappa shape index (κ2) is 9.78. The van der Waals surface area contributed by atoms with Crippen molar-refractivity contribution < 1.29 is 31.0 Å². The number of fused-ring (bicyclic) bond motifs is 1. The molecule has 0 fully saturated rings. The largest absolute Gasteiger partial charge is 0.506 e. The molecule has 0 bridgehead atoms. The molecule has 13 heteroatoms. The van der Waals surface area contributed by atoms with Crippen molar-refractivity contribution >= 4 is 53.8 Å². The van der Waals surface area contributed by atoms with Gasteiger partial charge < -0.3 is 5.11 Å². The lowest BCUT2D eigenvalue weighted by atomic mass is 10.1. The van der Waals surface area contributed by atoms with Gasteiger partial charge in [0.25, 0.3) is 20.2 Å². The van der Waals surface area contributed by atoms with Crippen molar-refractivity contribution in [3.8, 4) is 5.75 Å². The van der Waals surface area contributed by atoms with E-state index in [1.54, 1.807) is 25.1 Å². The highest BCUT2D eigenvalue weighted by Crippen LogP contribution is 2.41. The summed E-state index contributed by atoms with van der Waals surface area (Å²) in [5, 5.41) is 26.7. The van der Waals surface area contributed by atoms with Gasteiger partial charge in [0, 0.05) is 5.39 Å². The molecule has 0 aromatic heterocycles. The molecule has 0 aliphatic carbocycles. The molecule has 3 N–H and O–H groups in total. The van der Waals surface area contributed by atoms with Crippen molar-refractivity contribution in [3.63, 3.8) is 0 Å². The number of phenols is 1. The van der Waals surface area contributed by atoms with Crippen LogP contribution in [-0.2, 0) is 20.2 Å². The van der Waals surface area contributed by atoms with Crippen LogP contribution in [0.1, 0.15) is 11.1 Å². The van der Waals surface area contributed by atoms with Crippen LogP contribution in [0.4, 0.5) is 22.7 Å². The van der Waals surface area contributed by atoms with E-state index >= 15 is 0 Å². The third kappa shape index (κ3) is 5.70. The summed E-state index contributed by atoms with van der Waals surface area (Å²) >= 11 is 0. The summed E-state index contributed by atoms with van der Waals surface area (Å²) < 4.78 is 66.4. The number of azo groups is 2. The van der Waals surface area contributed by atoms with E-state index in [-0.39, 0.29) is 16.5 Å². The van der Waals surface area contributed by atoms with Gasteiger partial charge in [0.2, 0.25) is 0 Å². The number of hydrogen-bond acceptors (Lipinski definition) is 9. The Morgan fingerprint density at radius 2 is 1.35 bits per heavy atom. The fraction of sp³-hybridized carbons (Fsp3) is 0.0833. The van der Waals surface area contributed by atoms with Crippen LogP contribution in [0.3, 0.4) is 0 Å². The zero-order valence-electron chi connectivity index (χ0n) is 19.4. The quantitative estimate of drug-likeness (QED) is 0.185. The molecule has 0 heterocycles. The third-order valence-corrected chi connectivity index (χ3v) is 7.12. The van der Waals surface area contributed by atoms with Gasteiger partial charge in [0.15, 0.2) is 0 Å². The van der Waals surface area contributed by atoms with Gasteiger partial charge in [0.05, 0.1) is 22.0 Å². The minimum atomic E-state index is -4.99. The number of benzene rings is 4. The number of phenolic OH excluding ortho intramolecular Hbond substituents is 1. The Kier molecular flexibility index (Phi) is 6.88. The van der Waals surface area contributed by atoms with Gasteiger partial charge in [-0.1, -0.05) is 24.3 Å². The minimum absolute atomic E-state index is 0.0295. The van der Waals surface area contributed by atoms with Gasteiger partial charge in [0.1, 0.15) is 16.3 Å². The Morgan fingerprint density at radius 1 is 0.676 bits per heavy atom. The molecule has 0 aliphatic rings. The topological polar surface area (TPSA) is 178 Å². The Hall–Kier alpha value is -4.04. The lowest BCUT2D eigenvalue weighted by molar-refractivity contribution is 0.477. The van der Waals surface area contributed by atoms with Crippen molar-refractivity contribution in [2.45, 2.75) is 23.6 Å². The van der Waals surface area contributed by atoms with E-state index in [1.165, 1.54) is 6.07 Å². The molecule has 4 rings (SSSR count). The second-order valence-corrected chi connectivity index (χ2v) is 10.9. The van der Waals surface area contributed by atoms with Crippen molar-refractivity contribution in [2.24, 2.45) is 20.5 Å². The molecule has 0 saturated heterocycles. The maximum Gasteiger partial charge on any atom is 0.295 e. The van der Waals surface area contributed by atoms with E-state index in [9.17, 15) is 31.0 Å². The van der Waals surface area contributed by atoms with Crippen LogP contribution in [0.5, 0.6) is 5.75 Å². The van der Waals surface area contributed by atoms with Crippen LogP contribution in [0.25, 0.3) is 10.8 Å². The summed E-state index contributed by atoms with van der Waals surface area (Å²) in [6, 6.07) is 16.4. The highest BCUT2D eigenvalue weighted by atomic mass is 32.2. The number of rotatable bonds is 6. The number of aryl methyl sites for hydroxylation is 2. The summed E-state index contributed by atoms with van der Waals surface area (Å²) in [6.07, 6.45) is 0. The van der Waals surface area contributed by atoms with Crippen molar-refractivity contribution in [1.29, 1.82) is 0 Å². The number of hydrogen-bond donors (Lipinski definition) is 3. The van der Waals surface area contributed by atoms with Crippen LogP contribution >= 0.6 is 0 Å². The van der Waals surface area contributed by atoms with Crippen molar-refractivity contribution in [3.05, 3.63) is 77.9 Å². The SMILES string of the molecule is Cc1ccccc1/N=N/c1ccc(/N=N/c2c(O)ccc3cc(S(=O)(=O)O)cc(S(=O)(=O)O)c23)c(C)c1. The molecule has 0 spiro atoms. The summed E-state index contributed by atoms with van der Waals surface area (Å²) in [5.41, 5.74) is 2.94. The van der Waals surface area contributed by atoms with Gasteiger partial charge in [-0.05, 0) is 72.8 Å². The summed E-state index contributed by atoms with van der Waals surface area (Å²) in [4.78, 5) is -1.63. The molecule has 37 heavy (non-hydrogen) atoms. The number of nitrogens with zero attached hydrogens (tertiary/aromatic N) is 4. The van der Waals surface area contributed by atoms with E-state index in [0.717, 1.165) is 23.4 Å². The van der Waals surface area contributed by atoms with E-state index < -0.39 is 35.8 Å². The zero-order chi connectivity index (χ0) is 27.0. The minimum Gasteiger partial charge on any atom is -0.506 e. The Bertz CT molecular complexity index is 1820. The highest BCUT2D eigenvalue weighted by Gasteiger charge is 2.24. The molecule has 4 aromatic rings. The average Bonchev–Trinajstić information content (AvgIpc) is 2.82. The van der Waals surface area contributed by atoms with Gasteiger partial charge in [-0.25, -0.2) is 0 Å². The first-order chi connectivity index (χ1) is 17.3. The molecule has 4 aromatic carbocycles. The molecular formula is C24H20N4O7S2. The number of aromatic hydroxyl groups is 1. The monoisotopic (exact) mass is 540 g/mol. The summed E-state index contributed by atoms with van der Waals surface area (Å²) in [5.74, 6) is -0.470. The standard InChI is InChI=1S/C24H20N4O7S2/c1-14-5-3-4-6-19(14)26-25-17-8-9-20(15(2)11-17)27-28-24-21(29)10-7-16-12-18(36(30,31)32)13-22(23(16)24)37(33,34)35/h3-13,29H,1-2H3,(H,30,31,32)(H,33,34,35)/b26-25+,28-27+. The maximum atomic E-state index is 12.0. The first-order valence-electron chi connectivity index (χ1n) is 10.6. The Labute approximate surface area is 212 Å². The normalized spacial score (nSPS) is 12.6. The fourth-order valence-electron chi connectivity index (χ4n) is 3.53. The van der Waals surface area contributed by atoms with Gasteiger partial charge in [-0.2, -0.15) is 32.2 Å². The van der Waals surface area contributed by atoms with Crippen LogP contribution in [0, 0.1) is 13.8 Å². The van der Waals surface area contributed by atoms with Crippen molar-refractivity contribution in [2.75, 3.05) is 0 Å². The highest BCUT2D eigenvalue weighted by molar-refractivity contribution is 7.86. The van der Waals surface area contributed by atoms with Gasteiger partial charge in [-0.3, -0.25) is 9.11 Å². The lowest BCUT2D eigenvalue weighted by Crippen LogP contribution is -2.04. The fourth-order valence-corrected chi connectivity index (χ4v) is 4.90. The molecule has 0 atom stereocenters. The van der Waals surface area contributed by atoms with E-state index in [2.05, 4.69) is 20.5 Å². The predicted molar refractivity (Wildman–Crippen MR) is 136 cm³/mol. The van der Waals surface area contributed by atoms with E-state index in [4.69, 9.17) is 0 Å². The first kappa shape index (κ1) is 26.0. The smallest absolute Gasteiger partial charge is 0.295 e. The third-order valence-electron chi connectivity index (χ3n) is 5.41. The van der Waals surface area contributed by atoms with Crippen LogP contribution in [-0.4, -0.2) is 31.0 Å². The van der Waals surface area contributed by atoms with Crippen LogP contribution < -0.4 is 0 Å². The molecule has 0 amide bonds. The molecule has 0 unspecified atom stereocenters. The average molecular weight is 541 g/mol. The second-order valence-electron chi connectivity index (χ2n) is 8.06. The van der Waals surface area contributed by atoms with Crippen LogP contribution in [0.2, 0.25) is 0 Å². The maximum absolute atomic E-state index is 12.0. The predicted octanol–water partition coefficient (Wildman–Crippen LogP) is 6.49. The van der Waals surface area contributed by atoms with Crippen LogP contribution in [0.15, 0.2) is 97.0 Å².